The maximum atomic E-state index is 5.59. The molecule has 1 aliphatic rings. The Morgan fingerprint density at radius 3 is 2.80 bits per heavy atom. The number of rotatable bonds is 4. The number of nitrogens with one attached hydrogen (secondary N) is 1. The van der Waals surface area contributed by atoms with Gasteiger partial charge in [-0.15, -0.1) is 16.7 Å². The molecule has 0 amide bonds. The van der Waals surface area contributed by atoms with Crippen molar-refractivity contribution in [2.24, 2.45) is 0 Å². The van der Waals surface area contributed by atoms with Crippen molar-refractivity contribution in [3.8, 4) is 0 Å². The van der Waals surface area contributed by atoms with Gasteiger partial charge in [0, 0.05) is 17.8 Å². The van der Waals surface area contributed by atoms with Crippen molar-refractivity contribution < 1.29 is 4.42 Å². The molecule has 1 aliphatic carbocycles. The van der Waals surface area contributed by atoms with Gasteiger partial charge in [-0.2, -0.15) is 0 Å². The smallest absolute Gasteiger partial charge is 0.315 e. The minimum Gasteiger partial charge on any atom is -0.408 e. The molecule has 15 heavy (non-hydrogen) atoms. The number of halogens is 1. The summed E-state index contributed by atoms with van der Waals surface area (Å²) in [5.41, 5.74) is 0.130. The van der Waals surface area contributed by atoms with Gasteiger partial charge in [0.25, 0.3) is 0 Å². The Labute approximate surface area is 94.4 Å². The molecule has 0 aromatic carbocycles. The summed E-state index contributed by atoms with van der Waals surface area (Å²) in [4.78, 5) is 0. The van der Waals surface area contributed by atoms with E-state index in [2.05, 4.69) is 22.4 Å². The number of hydrogen-bond acceptors (Lipinski definition) is 4. The summed E-state index contributed by atoms with van der Waals surface area (Å²) in [5, 5.41) is 11.2. The molecule has 0 unspecified atom stereocenters. The Hall–Kier alpha value is -0.770. The number of alkyl halides is 1. The molecular formula is C10H16ClN3O. The Morgan fingerprint density at radius 2 is 2.13 bits per heavy atom. The summed E-state index contributed by atoms with van der Waals surface area (Å²) < 4.78 is 5.43. The van der Waals surface area contributed by atoms with E-state index in [1.165, 1.54) is 25.7 Å². The zero-order valence-corrected chi connectivity index (χ0v) is 9.68. The fourth-order valence-corrected chi connectivity index (χ4v) is 2.19. The van der Waals surface area contributed by atoms with Gasteiger partial charge in [-0.1, -0.05) is 17.9 Å². The standard InChI is InChI=1S/C10H16ClN3O/c1-10(5-2-3-6-10)12-9-14-13-8(15-9)4-7-11/h2-7H2,1H3,(H,12,14). The van der Waals surface area contributed by atoms with E-state index in [0.29, 0.717) is 24.2 Å². The zero-order valence-electron chi connectivity index (χ0n) is 8.92. The SMILES string of the molecule is CC1(Nc2nnc(CCCl)o2)CCCC1. The van der Waals surface area contributed by atoms with Gasteiger partial charge in [0.15, 0.2) is 0 Å². The van der Waals surface area contributed by atoms with Crippen molar-refractivity contribution in [3.63, 3.8) is 0 Å². The van der Waals surface area contributed by atoms with E-state index in [-0.39, 0.29) is 5.54 Å². The zero-order chi connectivity index (χ0) is 10.7. The van der Waals surface area contributed by atoms with Gasteiger partial charge < -0.3 is 9.73 Å². The second-order valence-corrected chi connectivity index (χ2v) is 4.71. The molecule has 1 heterocycles. The average Bonchev–Trinajstić information content (AvgIpc) is 2.77. The van der Waals surface area contributed by atoms with Crippen LogP contribution in [-0.2, 0) is 6.42 Å². The highest BCUT2D eigenvalue weighted by Gasteiger charge is 2.29. The fourth-order valence-electron chi connectivity index (χ4n) is 2.02. The minimum absolute atomic E-state index is 0.130. The maximum absolute atomic E-state index is 5.59. The molecule has 0 spiro atoms. The molecule has 1 saturated carbocycles. The van der Waals surface area contributed by atoms with Crippen LogP contribution < -0.4 is 5.32 Å². The van der Waals surface area contributed by atoms with Gasteiger partial charge in [0.1, 0.15) is 0 Å². The van der Waals surface area contributed by atoms with Crippen molar-refractivity contribution in [3.05, 3.63) is 5.89 Å². The molecule has 0 radical (unpaired) electrons. The third kappa shape index (κ3) is 2.62. The van der Waals surface area contributed by atoms with Crippen LogP contribution in [0.1, 0.15) is 38.5 Å². The van der Waals surface area contributed by atoms with E-state index >= 15 is 0 Å². The van der Waals surface area contributed by atoms with Crippen molar-refractivity contribution in [2.75, 3.05) is 11.2 Å². The van der Waals surface area contributed by atoms with Crippen molar-refractivity contribution in [1.82, 2.24) is 10.2 Å². The highest BCUT2D eigenvalue weighted by Crippen LogP contribution is 2.32. The highest BCUT2D eigenvalue weighted by atomic mass is 35.5. The van der Waals surface area contributed by atoms with Crippen LogP contribution in [0, 0.1) is 0 Å². The van der Waals surface area contributed by atoms with E-state index in [4.69, 9.17) is 16.0 Å². The average molecular weight is 230 g/mol. The van der Waals surface area contributed by atoms with Gasteiger partial charge >= 0.3 is 6.01 Å². The lowest BCUT2D eigenvalue weighted by molar-refractivity contribution is 0.467. The normalized spacial score (nSPS) is 19.3. The van der Waals surface area contributed by atoms with Crippen molar-refractivity contribution in [1.29, 1.82) is 0 Å². The monoisotopic (exact) mass is 229 g/mol. The number of nitrogens with zero attached hydrogens (tertiary/aromatic N) is 2. The Morgan fingerprint density at radius 1 is 1.40 bits per heavy atom. The number of aromatic nitrogens is 2. The number of anilines is 1. The first-order chi connectivity index (χ1) is 7.22. The first-order valence-corrected chi connectivity index (χ1v) is 5.92. The molecule has 84 valence electrons. The lowest BCUT2D eigenvalue weighted by Gasteiger charge is -2.23. The Balaban J connectivity index is 1.97. The lowest BCUT2D eigenvalue weighted by Crippen LogP contribution is -2.30. The van der Waals surface area contributed by atoms with Gasteiger partial charge in [0.05, 0.1) is 0 Å². The number of hydrogen-bond donors (Lipinski definition) is 1. The van der Waals surface area contributed by atoms with Crippen LogP contribution in [0.15, 0.2) is 4.42 Å². The molecule has 1 N–H and O–H groups in total. The summed E-state index contributed by atoms with van der Waals surface area (Å²) in [5.74, 6) is 1.12. The molecule has 0 bridgehead atoms. The first kappa shape index (κ1) is 10.7. The van der Waals surface area contributed by atoms with E-state index in [1.54, 1.807) is 0 Å². The van der Waals surface area contributed by atoms with Crippen LogP contribution in [0.4, 0.5) is 6.01 Å². The first-order valence-electron chi connectivity index (χ1n) is 5.38. The summed E-state index contributed by atoms with van der Waals surface area (Å²) in [6, 6.07) is 0.527. The fraction of sp³-hybridized carbons (Fsp3) is 0.800. The van der Waals surface area contributed by atoms with E-state index in [1.807, 2.05) is 0 Å². The summed E-state index contributed by atoms with van der Waals surface area (Å²) >= 11 is 5.59. The van der Waals surface area contributed by atoms with E-state index in [0.717, 1.165) is 0 Å². The molecule has 1 aromatic heterocycles. The van der Waals surface area contributed by atoms with Crippen molar-refractivity contribution in [2.45, 2.75) is 44.6 Å². The Kier molecular flexibility index (Phi) is 3.14. The van der Waals surface area contributed by atoms with Crippen LogP contribution in [0.3, 0.4) is 0 Å². The molecule has 0 saturated heterocycles. The predicted octanol–water partition coefficient (Wildman–Crippen LogP) is 2.60. The minimum atomic E-state index is 0.130. The molecule has 0 atom stereocenters. The van der Waals surface area contributed by atoms with Crippen molar-refractivity contribution >= 4 is 17.6 Å². The third-order valence-corrected chi connectivity index (χ3v) is 3.08. The van der Waals surface area contributed by atoms with Gasteiger partial charge in [0.2, 0.25) is 5.89 Å². The van der Waals surface area contributed by atoms with Gasteiger partial charge in [-0.25, -0.2) is 0 Å². The number of aryl methyl sites for hydroxylation is 1. The molecule has 4 nitrogen and oxygen atoms in total. The van der Waals surface area contributed by atoms with Gasteiger partial charge in [-0.3, -0.25) is 0 Å². The van der Waals surface area contributed by atoms with Crippen LogP contribution in [0.5, 0.6) is 0 Å². The summed E-state index contributed by atoms with van der Waals surface area (Å²) in [6.45, 7) is 2.20. The van der Waals surface area contributed by atoms with E-state index in [9.17, 15) is 0 Å². The predicted molar refractivity (Wildman–Crippen MR) is 59.2 cm³/mol. The van der Waals surface area contributed by atoms with Crippen LogP contribution >= 0.6 is 11.6 Å². The molecule has 2 rings (SSSR count). The second kappa shape index (κ2) is 4.39. The lowest BCUT2D eigenvalue weighted by atomic mass is 10.0. The molecule has 5 heteroatoms. The quantitative estimate of drug-likeness (QED) is 0.807. The van der Waals surface area contributed by atoms with E-state index < -0.39 is 0 Å². The van der Waals surface area contributed by atoms with Crippen LogP contribution in [0.2, 0.25) is 0 Å². The Bertz CT molecular complexity index is 320. The molecular weight excluding hydrogens is 214 g/mol. The molecule has 1 fully saturated rings. The van der Waals surface area contributed by atoms with Crippen LogP contribution in [0.25, 0.3) is 0 Å². The summed E-state index contributed by atoms with van der Waals surface area (Å²) in [6.07, 6.45) is 5.51. The largest absolute Gasteiger partial charge is 0.408 e. The van der Waals surface area contributed by atoms with Gasteiger partial charge in [-0.05, 0) is 19.8 Å². The second-order valence-electron chi connectivity index (χ2n) is 4.33. The van der Waals surface area contributed by atoms with Crippen LogP contribution in [-0.4, -0.2) is 21.6 Å². The molecule has 1 aromatic rings. The molecule has 0 aliphatic heterocycles. The summed E-state index contributed by atoms with van der Waals surface area (Å²) in [7, 11) is 0. The highest BCUT2D eigenvalue weighted by molar-refractivity contribution is 6.17. The third-order valence-electron chi connectivity index (χ3n) is 2.89. The topological polar surface area (TPSA) is 51.0 Å². The maximum Gasteiger partial charge on any atom is 0.315 e.